The van der Waals surface area contributed by atoms with E-state index in [-0.39, 0.29) is 12.5 Å². The lowest BCUT2D eigenvalue weighted by Gasteiger charge is -2.34. The first-order chi connectivity index (χ1) is 11.1. The monoisotopic (exact) mass is 312 g/mol. The second-order valence-corrected chi connectivity index (χ2v) is 5.19. The van der Waals surface area contributed by atoms with Crippen LogP contribution >= 0.6 is 0 Å². The van der Waals surface area contributed by atoms with Gasteiger partial charge in [-0.25, -0.2) is 0 Å². The molecule has 0 spiro atoms. The Morgan fingerprint density at radius 3 is 2.65 bits per heavy atom. The highest BCUT2D eigenvalue weighted by Crippen LogP contribution is 2.38. The minimum atomic E-state index is -1.06. The molecule has 6 heteroatoms. The molecule has 2 aromatic carbocycles. The maximum absolute atomic E-state index is 12.7. The molecule has 0 bridgehead atoms. The van der Waals surface area contributed by atoms with Crippen LogP contribution in [0.2, 0.25) is 0 Å². The third-order valence-electron chi connectivity index (χ3n) is 3.73. The molecule has 1 heterocycles. The van der Waals surface area contributed by atoms with Crippen LogP contribution in [0.3, 0.4) is 0 Å². The maximum Gasteiger partial charge on any atom is 0.323 e. The Morgan fingerprint density at radius 1 is 1.26 bits per heavy atom. The van der Waals surface area contributed by atoms with Gasteiger partial charge in [-0.2, -0.15) is 0 Å². The van der Waals surface area contributed by atoms with Crippen molar-refractivity contribution in [3.05, 3.63) is 54.1 Å². The van der Waals surface area contributed by atoms with Gasteiger partial charge in [0.1, 0.15) is 18.3 Å². The number of nitrogens with zero attached hydrogens (tertiary/aromatic N) is 1. The van der Waals surface area contributed by atoms with Crippen LogP contribution < -0.4 is 15.0 Å². The Morgan fingerprint density at radius 2 is 2.00 bits per heavy atom. The summed E-state index contributed by atoms with van der Waals surface area (Å²) >= 11 is 0. The van der Waals surface area contributed by atoms with E-state index in [1.54, 1.807) is 25.3 Å². The van der Waals surface area contributed by atoms with Crippen LogP contribution in [0.1, 0.15) is 11.6 Å². The normalized spacial score (nSPS) is 16.5. The Balaban J connectivity index is 2.06. The molecule has 6 nitrogen and oxygen atoms in total. The van der Waals surface area contributed by atoms with Gasteiger partial charge in [-0.15, -0.1) is 0 Å². The van der Waals surface area contributed by atoms with Crippen molar-refractivity contribution in [3.63, 3.8) is 0 Å². The molecule has 0 radical (unpaired) electrons. The maximum atomic E-state index is 12.7. The number of hydrogen-bond donors (Lipinski definition) is 2. The number of hydrogen-bond acceptors (Lipinski definition) is 4. The molecule has 0 aliphatic carbocycles. The Labute approximate surface area is 133 Å². The number of fused-ring (bicyclic) bond motifs is 1. The van der Waals surface area contributed by atoms with Gasteiger partial charge in [0.25, 0.3) is 5.91 Å². The van der Waals surface area contributed by atoms with Crippen LogP contribution in [-0.2, 0) is 9.59 Å². The minimum absolute atomic E-state index is 0.295. The number of aliphatic carboxylic acids is 1. The molecule has 0 fully saturated rings. The fraction of sp³-hybridized carbons (Fsp3) is 0.176. The van der Waals surface area contributed by atoms with E-state index in [0.717, 1.165) is 5.56 Å². The minimum Gasteiger partial charge on any atom is -0.497 e. The first-order valence-electron chi connectivity index (χ1n) is 7.13. The zero-order valence-corrected chi connectivity index (χ0v) is 12.5. The second kappa shape index (κ2) is 6.00. The summed E-state index contributed by atoms with van der Waals surface area (Å²) in [6, 6.07) is 13.7. The third kappa shape index (κ3) is 2.83. The zero-order valence-electron chi connectivity index (χ0n) is 12.5. The topological polar surface area (TPSA) is 78.9 Å². The van der Waals surface area contributed by atoms with E-state index in [1.807, 2.05) is 30.3 Å². The van der Waals surface area contributed by atoms with Crippen molar-refractivity contribution in [1.29, 1.82) is 0 Å². The summed E-state index contributed by atoms with van der Waals surface area (Å²) in [6.07, 6.45) is 0. The number of rotatable bonds is 4. The predicted molar refractivity (Wildman–Crippen MR) is 85.8 cm³/mol. The van der Waals surface area contributed by atoms with E-state index in [9.17, 15) is 9.59 Å². The lowest BCUT2D eigenvalue weighted by Crippen LogP contribution is -2.44. The number of carboxylic acid groups (broad SMARTS) is 1. The van der Waals surface area contributed by atoms with Crippen molar-refractivity contribution in [3.8, 4) is 5.75 Å². The molecule has 1 aliphatic rings. The van der Waals surface area contributed by atoms with Gasteiger partial charge in [-0.05, 0) is 17.7 Å². The molecule has 0 saturated carbocycles. The average molecular weight is 312 g/mol. The van der Waals surface area contributed by atoms with Crippen LogP contribution in [-0.4, -0.2) is 30.6 Å². The number of carbonyl (C=O) groups excluding carboxylic acids is 1. The van der Waals surface area contributed by atoms with Gasteiger partial charge in [0.05, 0.1) is 18.5 Å². The van der Waals surface area contributed by atoms with Crippen molar-refractivity contribution in [2.24, 2.45) is 0 Å². The van der Waals surface area contributed by atoms with Gasteiger partial charge in [0, 0.05) is 6.07 Å². The number of carboxylic acids is 1. The quantitative estimate of drug-likeness (QED) is 0.905. The van der Waals surface area contributed by atoms with E-state index in [2.05, 4.69) is 5.32 Å². The molecular weight excluding hydrogens is 296 g/mol. The van der Waals surface area contributed by atoms with Gasteiger partial charge >= 0.3 is 5.97 Å². The molecule has 23 heavy (non-hydrogen) atoms. The number of anilines is 2. The number of carbonyl (C=O) groups is 2. The summed E-state index contributed by atoms with van der Waals surface area (Å²) in [5, 5.41) is 12.3. The summed E-state index contributed by atoms with van der Waals surface area (Å²) in [4.78, 5) is 25.2. The van der Waals surface area contributed by atoms with Crippen molar-refractivity contribution in [2.75, 3.05) is 23.9 Å². The first-order valence-corrected chi connectivity index (χ1v) is 7.13. The Hall–Kier alpha value is -3.02. The lowest BCUT2D eigenvalue weighted by molar-refractivity contribution is -0.136. The number of ether oxygens (including phenoxy) is 1. The largest absolute Gasteiger partial charge is 0.497 e. The van der Waals surface area contributed by atoms with E-state index < -0.39 is 12.0 Å². The zero-order chi connectivity index (χ0) is 16.4. The molecule has 1 atom stereocenters. The fourth-order valence-electron chi connectivity index (χ4n) is 2.65. The van der Waals surface area contributed by atoms with Crippen molar-refractivity contribution < 1.29 is 19.4 Å². The summed E-state index contributed by atoms with van der Waals surface area (Å²) in [7, 11) is 1.55. The number of methoxy groups -OCH3 is 1. The van der Waals surface area contributed by atoms with Gasteiger partial charge in [-0.1, -0.05) is 30.3 Å². The highest BCUT2D eigenvalue weighted by atomic mass is 16.5. The first kappa shape index (κ1) is 14.9. The van der Waals surface area contributed by atoms with Crippen LogP contribution in [0.15, 0.2) is 48.5 Å². The molecule has 0 aromatic heterocycles. The number of amides is 1. The molecule has 0 saturated heterocycles. The molecule has 1 amide bonds. The standard InChI is InChI=1S/C17H16N2O4/c1-23-12-7-8-14-13(9-12)18-16(11-5-3-2-4-6-11)17(22)19(14)10-15(20)21/h2-9,16,18H,10H2,1H3,(H,20,21). The number of nitrogens with one attached hydrogen (secondary N) is 1. The molecule has 2 aromatic rings. The Bertz CT molecular complexity index is 746. The van der Waals surface area contributed by atoms with Gasteiger partial charge in [-0.3, -0.25) is 14.5 Å². The lowest BCUT2D eigenvalue weighted by atomic mass is 10.0. The highest BCUT2D eigenvalue weighted by molar-refractivity contribution is 6.07. The Kier molecular flexibility index (Phi) is 3.89. The number of benzene rings is 2. The highest BCUT2D eigenvalue weighted by Gasteiger charge is 2.34. The summed E-state index contributed by atoms with van der Waals surface area (Å²) in [5.74, 6) is -0.724. The smallest absolute Gasteiger partial charge is 0.323 e. The van der Waals surface area contributed by atoms with Crippen molar-refractivity contribution in [1.82, 2.24) is 0 Å². The molecule has 118 valence electrons. The third-order valence-corrected chi connectivity index (χ3v) is 3.73. The fourth-order valence-corrected chi connectivity index (χ4v) is 2.65. The van der Waals surface area contributed by atoms with Crippen LogP contribution in [0, 0.1) is 0 Å². The molecule has 3 rings (SSSR count). The molecule has 1 unspecified atom stereocenters. The van der Waals surface area contributed by atoms with Crippen LogP contribution in [0.4, 0.5) is 11.4 Å². The predicted octanol–water partition coefficient (Wildman–Crippen LogP) is 2.28. The summed E-state index contributed by atoms with van der Waals surface area (Å²) in [5.41, 5.74) is 1.98. The van der Waals surface area contributed by atoms with E-state index >= 15 is 0 Å². The van der Waals surface area contributed by atoms with Gasteiger partial charge < -0.3 is 15.2 Å². The summed E-state index contributed by atoms with van der Waals surface area (Å²) < 4.78 is 5.20. The van der Waals surface area contributed by atoms with Crippen molar-refractivity contribution >= 4 is 23.3 Å². The average Bonchev–Trinajstić information content (AvgIpc) is 2.57. The van der Waals surface area contributed by atoms with E-state index in [1.165, 1.54) is 4.90 Å². The van der Waals surface area contributed by atoms with Gasteiger partial charge in [0.15, 0.2) is 0 Å². The van der Waals surface area contributed by atoms with Crippen molar-refractivity contribution in [2.45, 2.75) is 6.04 Å². The molecule has 2 N–H and O–H groups in total. The van der Waals surface area contributed by atoms with E-state index in [4.69, 9.17) is 9.84 Å². The summed E-state index contributed by atoms with van der Waals surface area (Å²) in [6.45, 7) is -0.386. The van der Waals surface area contributed by atoms with Crippen LogP contribution in [0.25, 0.3) is 0 Å². The van der Waals surface area contributed by atoms with Gasteiger partial charge in [0.2, 0.25) is 0 Å². The van der Waals surface area contributed by atoms with Crippen LogP contribution in [0.5, 0.6) is 5.75 Å². The SMILES string of the molecule is COc1ccc2c(c1)NC(c1ccccc1)C(=O)N2CC(=O)O. The molecule has 1 aliphatic heterocycles. The van der Waals surface area contributed by atoms with E-state index in [0.29, 0.717) is 17.1 Å². The molecular formula is C17H16N2O4. The second-order valence-electron chi connectivity index (χ2n) is 5.19.